The maximum Gasteiger partial charge on any atom is 0.263 e. The molecule has 0 radical (unpaired) electrons. The average Bonchev–Trinajstić information content (AvgIpc) is 2.99. The number of halogens is 1. The van der Waals surface area contributed by atoms with Crippen molar-refractivity contribution in [1.82, 2.24) is 4.90 Å². The van der Waals surface area contributed by atoms with Crippen LogP contribution in [0.4, 0.5) is 5.69 Å². The molecule has 0 aromatic heterocycles. The van der Waals surface area contributed by atoms with Gasteiger partial charge in [-0.25, -0.2) is 0 Å². The molecule has 36 heavy (non-hydrogen) atoms. The number of nitrogens with two attached hydrogens (primary N) is 1. The fourth-order valence-electron chi connectivity index (χ4n) is 4.11. The molecule has 0 spiro atoms. The van der Waals surface area contributed by atoms with Gasteiger partial charge in [0.1, 0.15) is 18.9 Å². The summed E-state index contributed by atoms with van der Waals surface area (Å²) in [6, 6.07) is 20.0. The van der Waals surface area contributed by atoms with Crippen LogP contribution in [0.2, 0.25) is 5.02 Å². The van der Waals surface area contributed by atoms with E-state index in [2.05, 4.69) is 0 Å². The van der Waals surface area contributed by atoms with Gasteiger partial charge in [-0.3, -0.25) is 19.3 Å². The van der Waals surface area contributed by atoms with Crippen LogP contribution in [-0.2, 0) is 16.1 Å². The molecule has 1 aliphatic rings. The van der Waals surface area contributed by atoms with Gasteiger partial charge in [-0.2, -0.15) is 0 Å². The van der Waals surface area contributed by atoms with E-state index in [1.807, 2.05) is 49.4 Å². The van der Waals surface area contributed by atoms with Crippen molar-refractivity contribution in [1.29, 1.82) is 0 Å². The number of anilines is 1. The van der Waals surface area contributed by atoms with E-state index in [9.17, 15) is 14.4 Å². The Morgan fingerprint density at radius 2 is 1.69 bits per heavy atom. The largest absolute Gasteiger partial charge is 0.492 e. The summed E-state index contributed by atoms with van der Waals surface area (Å²) in [5, 5.41) is 0.594. The number of hydrogen-bond donors (Lipinski definition) is 1. The van der Waals surface area contributed by atoms with Crippen LogP contribution >= 0.6 is 11.6 Å². The summed E-state index contributed by atoms with van der Waals surface area (Å²) in [5.74, 6) is -0.455. The highest BCUT2D eigenvalue weighted by atomic mass is 35.5. The molecule has 0 atom stereocenters. The summed E-state index contributed by atoms with van der Waals surface area (Å²) in [5.41, 5.74) is 8.79. The van der Waals surface area contributed by atoms with Gasteiger partial charge >= 0.3 is 0 Å². The third-order valence-corrected chi connectivity index (χ3v) is 6.20. The maximum absolute atomic E-state index is 13.6. The van der Waals surface area contributed by atoms with Gasteiger partial charge in [-0.05, 0) is 59.5 Å². The summed E-state index contributed by atoms with van der Waals surface area (Å²) >= 11 is 6.02. The van der Waals surface area contributed by atoms with Crippen molar-refractivity contribution in [2.45, 2.75) is 26.3 Å². The van der Waals surface area contributed by atoms with Gasteiger partial charge in [0.25, 0.3) is 5.91 Å². The first-order valence-electron chi connectivity index (χ1n) is 11.9. The smallest absolute Gasteiger partial charge is 0.263 e. The lowest BCUT2D eigenvalue weighted by molar-refractivity contribution is -0.132. The van der Waals surface area contributed by atoms with Crippen molar-refractivity contribution in [3.05, 3.63) is 82.9 Å². The first-order valence-corrected chi connectivity index (χ1v) is 12.3. The predicted molar refractivity (Wildman–Crippen MR) is 140 cm³/mol. The van der Waals surface area contributed by atoms with Crippen LogP contribution in [0.3, 0.4) is 0 Å². The lowest BCUT2D eigenvalue weighted by Gasteiger charge is -2.23. The van der Waals surface area contributed by atoms with Gasteiger partial charge in [-0.1, -0.05) is 48.9 Å². The molecule has 3 aromatic rings. The number of amides is 3. The lowest BCUT2D eigenvalue weighted by Crippen LogP contribution is -2.42. The van der Waals surface area contributed by atoms with Crippen molar-refractivity contribution in [3.8, 4) is 16.9 Å². The minimum absolute atomic E-state index is 0.190. The SMILES string of the molecule is CCCC(=O)N1CC(=O)N(Cc2ccc(Cl)cc2)c2ccc(-c3ccc(OCCN)cc3)cc2C1=O. The fraction of sp³-hybridized carbons (Fsp3) is 0.250. The van der Waals surface area contributed by atoms with Crippen LogP contribution in [0, 0.1) is 0 Å². The molecule has 1 aliphatic heterocycles. The number of carbonyl (C=O) groups is 3. The number of ether oxygens (including phenoxy) is 1. The molecule has 4 rings (SSSR count). The Morgan fingerprint density at radius 3 is 2.36 bits per heavy atom. The van der Waals surface area contributed by atoms with E-state index in [0.29, 0.717) is 41.6 Å². The molecule has 0 aliphatic carbocycles. The Labute approximate surface area is 215 Å². The molecule has 0 saturated heterocycles. The van der Waals surface area contributed by atoms with Crippen LogP contribution in [0.25, 0.3) is 11.1 Å². The molecular formula is C28H28ClN3O4. The molecule has 3 aromatic carbocycles. The molecule has 186 valence electrons. The molecule has 2 N–H and O–H groups in total. The standard InChI is InChI=1S/C28H28ClN3O4/c1-2-3-26(33)32-18-27(34)31(17-19-4-9-22(29)10-5-19)25-13-8-21(16-24(25)28(32)35)20-6-11-23(12-7-20)36-15-14-30/h4-13,16H,2-3,14-15,17-18,30H2,1H3. The number of rotatable bonds is 8. The average molecular weight is 506 g/mol. The molecule has 7 nitrogen and oxygen atoms in total. The van der Waals surface area contributed by atoms with Gasteiger partial charge in [0.15, 0.2) is 0 Å². The highest BCUT2D eigenvalue weighted by Crippen LogP contribution is 2.33. The summed E-state index contributed by atoms with van der Waals surface area (Å²) in [7, 11) is 0. The second-order valence-corrected chi connectivity index (χ2v) is 8.97. The summed E-state index contributed by atoms with van der Waals surface area (Å²) in [6.07, 6.45) is 0.770. The van der Waals surface area contributed by atoms with E-state index < -0.39 is 5.91 Å². The topological polar surface area (TPSA) is 92.9 Å². The van der Waals surface area contributed by atoms with Crippen molar-refractivity contribution in [2.24, 2.45) is 5.73 Å². The Kier molecular flexibility index (Phi) is 8.03. The van der Waals surface area contributed by atoms with E-state index in [-0.39, 0.29) is 31.3 Å². The van der Waals surface area contributed by atoms with Gasteiger partial charge in [0, 0.05) is 18.0 Å². The van der Waals surface area contributed by atoms with Crippen molar-refractivity contribution >= 4 is 35.0 Å². The zero-order chi connectivity index (χ0) is 25.7. The highest BCUT2D eigenvalue weighted by molar-refractivity contribution is 6.30. The first kappa shape index (κ1) is 25.4. The quantitative estimate of drug-likeness (QED) is 0.480. The lowest BCUT2D eigenvalue weighted by atomic mass is 10.0. The predicted octanol–water partition coefficient (Wildman–Crippen LogP) is 4.66. The highest BCUT2D eigenvalue weighted by Gasteiger charge is 2.34. The normalized spacial score (nSPS) is 13.4. The molecule has 0 unspecified atom stereocenters. The number of fused-ring (bicyclic) bond motifs is 1. The second-order valence-electron chi connectivity index (χ2n) is 8.53. The Hall–Kier alpha value is -3.68. The number of hydrogen-bond acceptors (Lipinski definition) is 5. The second kappa shape index (κ2) is 11.4. The van der Waals surface area contributed by atoms with Crippen LogP contribution in [0.5, 0.6) is 5.75 Å². The Morgan fingerprint density at radius 1 is 1.00 bits per heavy atom. The maximum atomic E-state index is 13.6. The number of carbonyl (C=O) groups excluding carboxylic acids is 3. The van der Waals surface area contributed by atoms with Crippen molar-refractivity contribution < 1.29 is 19.1 Å². The third kappa shape index (κ3) is 5.58. The summed E-state index contributed by atoms with van der Waals surface area (Å²) in [4.78, 5) is 42.3. The zero-order valence-electron chi connectivity index (χ0n) is 20.1. The van der Waals surface area contributed by atoms with Crippen molar-refractivity contribution in [3.63, 3.8) is 0 Å². The third-order valence-electron chi connectivity index (χ3n) is 5.95. The Balaban J connectivity index is 1.74. The molecule has 0 saturated carbocycles. The van der Waals surface area contributed by atoms with E-state index in [1.54, 1.807) is 29.2 Å². The van der Waals surface area contributed by atoms with E-state index in [0.717, 1.165) is 21.6 Å². The monoisotopic (exact) mass is 505 g/mol. The Bertz CT molecular complexity index is 1260. The molecule has 0 fully saturated rings. The van der Waals surface area contributed by atoms with Gasteiger partial charge in [-0.15, -0.1) is 0 Å². The summed E-state index contributed by atoms with van der Waals surface area (Å²) in [6.45, 7) is 2.65. The van der Waals surface area contributed by atoms with Crippen LogP contribution in [0.15, 0.2) is 66.7 Å². The number of benzene rings is 3. The van der Waals surface area contributed by atoms with Crippen LogP contribution < -0.4 is 15.4 Å². The zero-order valence-corrected chi connectivity index (χ0v) is 20.8. The number of imide groups is 1. The first-order chi connectivity index (χ1) is 17.4. The number of nitrogens with zero attached hydrogens (tertiary/aromatic N) is 2. The van der Waals surface area contributed by atoms with E-state index in [1.165, 1.54) is 0 Å². The minimum Gasteiger partial charge on any atom is -0.492 e. The minimum atomic E-state index is -0.472. The summed E-state index contributed by atoms with van der Waals surface area (Å²) < 4.78 is 5.55. The molecular weight excluding hydrogens is 478 g/mol. The van der Waals surface area contributed by atoms with Crippen LogP contribution in [-0.4, -0.2) is 42.3 Å². The van der Waals surface area contributed by atoms with Gasteiger partial charge in [0.2, 0.25) is 11.8 Å². The van der Waals surface area contributed by atoms with Gasteiger partial charge in [0.05, 0.1) is 17.8 Å². The molecule has 1 heterocycles. The molecule has 0 bridgehead atoms. The molecule has 8 heteroatoms. The van der Waals surface area contributed by atoms with Crippen LogP contribution in [0.1, 0.15) is 35.7 Å². The van der Waals surface area contributed by atoms with E-state index in [4.69, 9.17) is 22.1 Å². The van der Waals surface area contributed by atoms with E-state index >= 15 is 0 Å². The van der Waals surface area contributed by atoms with Gasteiger partial charge < -0.3 is 15.4 Å². The fourth-order valence-corrected chi connectivity index (χ4v) is 4.24. The molecule has 3 amide bonds. The van der Waals surface area contributed by atoms with Crippen molar-refractivity contribution in [2.75, 3.05) is 24.6 Å².